The fourth-order valence-corrected chi connectivity index (χ4v) is 4.42. The number of guanidine groups is 1. The SMILES string of the molecule is CN=C(NCCc1ccc(F)c(Br)c1)NC1CCS(=O)(=O)C1. The van der Waals surface area contributed by atoms with Gasteiger partial charge in [0.2, 0.25) is 0 Å². The lowest BCUT2D eigenvalue weighted by Crippen LogP contribution is -2.44. The molecule has 1 unspecified atom stereocenters. The van der Waals surface area contributed by atoms with Gasteiger partial charge >= 0.3 is 0 Å². The van der Waals surface area contributed by atoms with E-state index in [0.717, 1.165) is 5.56 Å². The third-order valence-corrected chi connectivity index (χ3v) is 5.86. The van der Waals surface area contributed by atoms with Gasteiger partial charge in [-0.1, -0.05) is 6.07 Å². The average Bonchev–Trinajstić information content (AvgIpc) is 2.80. The zero-order valence-corrected chi connectivity index (χ0v) is 14.7. The zero-order valence-electron chi connectivity index (χ0n) is 12.3. The largest absolute Gasteiger partial charge is 0.356 e. The fourth-order valence-electron chi connectivity index (χ4n) is 2.32. The van der Waals surface area contributed by atoms with E-state index in [0.29, 0.717) is 29.8 Å². The second kappa shape index (κ2) is 7.41. The molecule has 0 bridgehead atoms. The standard InChI is InChI=1S/C14H19BrFN3O2S/c1-17-14(19-11-5-7-22(20,21)9-11)18-6-4-10-2-3-13(16)12(15)8-10/h2-3,8,11H,4-7,9H2,1H3,(H2,17,18,19). The third-order valence-electron chi connectivity index (χ3n) is 3.49. The Morgan fingerprint density at radius 3 is 2.86 bits per heavy atom. The number of rotatable bonds is 4. The molecule has 1 aliphatic heterocycles. The molecule has 1 atom stereocenters. The summed E-state index contributed by atoms with van der Waals surface area (Å²) in [5.74, 6) is 0.684. The van der Waals surface area contributed by atoms with Crippen molar-refractivity contribution in [2.45, 2.75) is 18.9 Å². The van der Waals surface area contributed by atoms with Crippen molar-refractivity contribution in [1.29, 1.82) is 0 Å². The van der Waals surface area contributed by atoms with E-state index < -0.39 is 9.84 Å². The maximum atomic E-state index is 13.2. The van der Waals surface area contributed by atoms with Gasteiger partial charge in [-0.15, -0.1) is 0 Å². The molecule has 0 saturated carbocycles. The van der Waals surface area contributed by atoms with Gasteiger partial charge in [-0.05, 0) is 46.5 Å². The molecule has 8 heteroatoms. The molecular formula is C14H19BrFN3O2S. The summed E-state index contributed by atoms with van der Waals surface area (Å²) in [7, 11) is -1.26. The third kappa shape index (κ3) is 4.95. The number of halogens is 2. The first-order valence-corrected chi connectivity index (χ1v) is 9.62. The summed E-state index contributed by atoms with van der Waals surface area (Å²) >= 11 is 3.16. The Bertz CT molecular complexity index is 664. The second-order valence-corrected chi connectivity index (χ2v) is 8.32. The highest BCUT2D eigenvalue weighted by molar-refractivity contribution is 9.10. The van der Waals surface area contributed by atoms with Gasteiger partial charge in [-0.25, -0.2) is 12.8 Å². The average molecular weight is 392 g/mol. The summed E-state index contributed by atoms with van der Waals surface area (Å²) in [4.78, 5) is 4.09. The van der Waals surface area contributed by atoms with E-state index in [1.54, 1.807) is 19.2 Å². The van der Waals surface area contributed by atoms with E-state index in [1.807, 2.05) is 0 Å². The van der Waals surface area contributed by atoms with E-state index in [4.69, 9.17) is 0 Å². The van der Waals surface area contributed by atoms with Gasteiger partial charge in [-0.2, -0.15) is 0 Å². The highest BCUT2D eigenvalue weighted by atomic mass is 79.9. The summed E-state index contributed by atoms with van der Waals surface area (Å²) in [5.41, 5.74) is 1.000. The molecule has 0 spiro atoms. The molecule has 0 aromatic heterocycles. The smallest absolute Gasteiger partial charge is 0.191 e. The number of hydrogen-bond acceptors (Lipinski definition) is 3. The van der Waals surface area contributed by atoms with E-state index in [9.17, 15) is 12.8 Å². The Hall–Kier alpha value is -1.15. The molecule has 2 rings (SSSR count). The van der Waals surface area contributed by atoms with Crippen molar-refractivity contribution in [1.82, 2.24) is 10.6 Å². The Morgan fingerprint density at radius 2 is 2.27 bits per heavy atom. The van der Waals surface area contributed by atoms with Crippen LogP contribution in [-0.4, -0.2) is 45.5 Å². The number of aliphatic imine (C=N–C) groups is 1. The molecule has 1 fully saturated rings. The van der Waals surface area contributed by atoms with Crippen LogP contribution in [0.5, 0.6) is 0 Å². The normalized spacial score (nSPS) is 20.9. The van der Waals surface area contributed by atoms with E-state index >= 15 is 0 Å². The van der Waals surface area contributed by atoms with Crippen LogP contribution >= 0.6 is 15.9 Å². The highest BCUT2D eigenvalue weighted by Gasteiger charge is 2.28. The molecule has 5 nitrogen and oxygen atoms in total. The molecule has 122 valence electrons. The lowest BCUT2D eigenvalue weighted by atomic mass is 10.1. The quantitative estimate of drug-likeness (QED) is 0.602. The maximum absolute atomic E-state index is 13.2. The number of hydrogen-bond donors (Lipinski definition) is 2. The van der Waals surface area contributed by atoms with Crippen LogP contribution in [0.15, 0.2) is 27.7 Å². The Morgan fingerprint density at radius 1 is 1.50 bits per heavy atom. The predicted octanol–water partition coefficient (Wildman–Crippen LogP) is 1.48. The first-order valence-electron chi connectivity index (χ1n) is 7.01. The van der Waals surface area contributed by atoms with Crippen molar-refractivity contribution in [2.24, 2.45) is 4.99 Å². The van der Waals surface area contributed by atoms with Crippen molar-refractivity contribution >= 4 is 31.7 Å². The van der Waals surface area contributed by atoms with Gasteiger partial charge < -0.3 is 10.6 Å². The lowest BCUT2D eigenvalue weighted by molar-refractivity contribution is 0.599. The molecule has 1 aromatic rings. The van der Waals surface area contributed by atoms with Crippen LogP contribution in [0, 0.1) is 5.82 Å². The molecule has 2 N–H and O–H groups in total. The van der Waals surface area contributed by atoms with Crippen molar-refractivity contribution < 1.29 is 12.8 Å². The Kier molecular flexibility index (Phi) is 5.80. The highest BCUT2D eigenvalue weighted by Crippen LogP contribution is 2.17. The van der Waals surface area contributed by atoms with Gasteiger partial charge in [0.25, 0.3) is 0 Å². The monoisotopic (exact) mass is 391 g/mol. The molecule has 0 radical (unpaired) electrons. The maximum Gasteiger partial charge on any atom is 0.191 e. The van der Waals surface area contributed by atoms with Crippen LogP contribution in [-0.2, 0) is 16.3 Å². The molecular weight excluding hydrogens is 373 g/mol. The van der Waals surface area contributed by atoms with Crippen molar-refractivity contribution in [2.75, 3.05) is 25.1 Å². The summed E-state index contributed by atoms with van der Waals surface area (Å²) in [6, 6.07) is 4.82. The van der Waals surface area contributed by atoms with Gasteiger partial charge in [0.1, 0.15) is 5.82 Å². The van der Waals surface area contributed by atoms with Gasteiger partial charge in [0.05, 0.1) is 16.0 Å². The van der Waals surface area contributed by atoms with Gasteiger partial charge in [0, 0.05) is 19.6 Å². The molecule has 22 heavy (non-hydrogen) atoms. The van der Waals surface area contributed by atoms with Crippen LogP contribution < -0.4 is 10.6 Å². The molecule has 1 saturated heterocycles. The van der Waals surface area contributed by atoms with Gasteiger partial charge in [-0.3, -0.25) is 4.99 Å². The predicted molar refractivity (Wildman–Crippen MR) is 89.4 cm³/mol. The molecule has 0 amide bonds. The van der Waals surface area contributed by atoms with Crippen molar-refractivity contribution in [3.8, 4) is 0 Å². The van der Waals surface area contributed by atoms with Crippen LogP contribution in [0.1, 0.15) is 12.0 Å². The molecule has 0 aliphatic carbocycles. The number of nitrogens with zero attached hydrogens (tertiary/aromatic N) is 1. The number of benzene rings is 1. The minimum Gasteiger partial charge on any atom is -0.356 e. The van der Waals surface area contributed by atoms with E-state index in [-0.39, 0.29) is 23.4 Å². The minimum absolute atomic E-state index is 0.0869. The van der Waals surface area contributed by atoms with Gasteiger partial charge in [0.15, 0.2) is 15.8 Å². The number of nitrogens with one attached hydrogen (secondary N) is 2. The number of sulfone groups is 1. The van der Waals surface area contributed by atoms with E-state index in [2.05, 4.69) is 31.6 Å². The first-order chi connectivity index (χ1) is 10.4. The topological polar surface area (TPSA) is 70.6 Å². The van der Waals surface area contributed by atoms with E-state index in [1.165, 1.54) is 6.07 Å². The molecule has 1 aliphatic rings. The molecule has 1 heterocycles. The zero-order chi connectivity index (χ0) is 16.2. The molecule has 1 aromatic carbocycles. The minimum atomic E-state index is -2.91. The van der Waals surface area contributed by atoms with Crippen molar-refractivity contribution in [3.05, 3.63) is 34.1 Å². The summed E-state index contributed by atoms with van der Waals surface area (Å²) in [5, 5.41) is 6.26. The van der Waals surface area contributed by atoms with Crippen molar-refractivity contribution in [3.63, 3.8) is 0 Å². The van der Waals surface area contributed by atoms with Crippen LogP contribution in [0.4, 0.5) is 4.39 Å². The van der Waals surface area contributed by atoms with Crippen LogP contribution in [0.2, 0.25) is 0 Å². The fraction of sp³-hybridized carbons (Fsp3) is 0.500. The van der Waals surface area contributed by atoms with Crippen LogP contribution in [0.3, 0.4) is 0 Å². The summed E-state index contributed by atoms with van der Waals surface area (Å²) in [6.45, 7) is 0.622. The second-order valence-electron chi connectivity index (χ2n) is 5.24. The summed E-state index contributed by atoms with van der Waals surface area (Å²) < 4.78 is 36.5. The Balaban J connectivity index is 1.80. The Labute approximate surface area is 138 Å². The lowest BCUT2D eigenvalue weighted by Gasteiger charge is -2.16. The summed E-state index contributed by atoms with van der Waals surface area (Å²) in [6.07, 6.45) is 1.32. The first kappa shape index (κ1) is 17.2. The van der Waals surface area contributed by atoms with Crippen LogP contribution in [0.25, 0.3) is 0 Å².